The maximum absolute atomic E-state index is 11.7. The van der Waals surface area contributed by atoms with E-state index in [1.165, 1.54) is 12.8 Å². The minimum atomic E-state index is -0.349. The standard InChI is InChI=1S/C20H22N4O2/c1-22-8-10-23(11-9-22)16-4-3-5-17(13-16)24-14-21-18-12-15(20(25)26-2)6-7-19(18)24/h3-7,12-14H,8-11H2,1-2H3. The van der Waals surface area contributed by atoms with Crippen molar-refractivity contribution < 1.29 is 9.53 Å². The molecule has 6 heteroatoms. The minimum Gasteiger partial charge on any atom is -0.465 e. The van der Waals surface area contributed by atoms with Gasteiger partial charge in [-0.2, -0.15) is 0 Å². The highest BCUT2D eigenvalue weighted by Crippen LogP contribution is 2.24. The van der Waals surface area contributed by atoms with Crippen molar-refractivity contribution in [1.82, 2.24) is 14.5 Å². The highest BCUT2D eigenvalue weighted by Gasteiger charge is 2.15. The van der Waals surface area contributed by atoms with Gasteiger partial charge in [-0.1, -0.05) is 6.07 Å². The van der Waals surface area contributed by atoms with Gasteiger partial charge in [0.2, 0.25) is 0 Å². The number of hydrogen-bond donors (Lipinski definition) is 0. The Hall–Kier alpha value is -2.86. The van der Waals surface area contributed by atoms with E-state index in [9.17, 15) is 4.79 Å². The fourth-order valence-electron chi connectivity index (χ4n) is 3.37. The summed E-state index contributed by atoms with van der Waals surface area (Å²) in [6.45, 7) is 4.23. The zero-order chi connectivity index (χ0) is 18.1. The number of hydrogen-bond acceptors (Lipinski definition) is 5. The summed E-state index contributed by atoms with van der Waals surface area (Å²) in [7, 11) is 3.54. The van der Waals surface area contributed by atoms with E-state index in [1.807, 2.05) is 6.07 Å². The van der Waals surface area contributed by atoms with Crippen molar-refractivity contribution in [3.8, 4) is 5.69 Å². The zero-order valence-electron chi connectivity index (χ0n) is 15.1. The lowest BCUT2D eigenvalue weighted by Gasteiger charge is -2.34. The second-order valence-corrected chi connectivity index (χ2v) is 6.62. The van der Waals surface area contributed by atoms with Gasteiger partial charge in [0.1, 0.15) is 6.33 Å². The Balaban J connectivity index is 1.67. The third-order valence-electron chi connectivity index (χ3n) is 4.94. The number of anilines is 1. The number of nitrogens with zero attached hydrogens (tertiary/aromatic N) is 4. The van der Waals surface area contributed by atoms with Gasteiger partial charge in [-0.25, -0.2) is 9.78 Å². The van der Waals surface area contributed by atoms with E-state index in [1.54, 1.807) is 18.5 Å². The monoisotopic (exact) mass is 350 g/mol. The molecule has 0 saturated carbocycles. The molecular weight excluding hydrogens is 328 g/mol. The van der Waals surface area contributed by atoms with Gasteiger partial charge >= 0.3 is 5.97 Å². The Bertz CT molecular complexity index is 942. The molecule has 0 N–H and O–H groups in total. The van der Waals surface area contributed by atoms with Gasteiger partial charge in [0.05, 0.1) is 23.7 Å². The van der Waals surface area contributed by atoms with Crippen LogP contribution >= 0.6 is 0 Å². The highest BCUT2D eigenvalue weighted by molar-refractivity contribution is 5.93. The van der Waals surface area contributed by atoms with Crippen LogP contribution in [-0.2, 0) is 4.74 Å². The van der Waals surface area contributed by atoms with Crippen LogP contribution in [0.25, 0.3) is 16.7 Å². The fourth-order valence-corrected chi connectivity index (χ4v) is 3.37. The summed E-state index contributed by atoms with van der Waals surface area (Å²) < 4.78 is 6.84. The lowest BCUT2D eigenvalue weighted by atomic mass is 10.2. The van der Waals surface area contributed by atoms with Crippen LogP contribution in [0, 0.1) is 0 Å². The van der Waals surface area contributed by atoms with Gasteiger partial charge in [0.15, 0.2) is 0 Å². The summed E-state index contributed by atoms with van der Waals surface area (Å²) >= 11 is 0. The van der Waals surface area contributed by atoms with Crippen LogP contribution in [0.15, 0.2) is 48.8 Å². The molecule has 2 heterocycles. The second-order valence-electron chi connectivity index (χ2n) is 6.62. The molecule has 0 spiro atoms. The first-order valence-corrected chi connectivity index (χ1v) is 8.75. The molecule has 0 atom stereocenters. The molecule has 1 fully saturated rings. The maximum Gasteiger partial charge on any atom is 0.337 e. The van der Waals surface area contributed by atoms with Crippen LogP contribution in [-0.4, -0.2) is 60.8 Å². The van der Waals surface area contributed by atoms with Gasteiger partial charge in [-0.3, -0.25) is 4.57 Å². The van der Waals surface area contributed by atoms with E-state index in [2.05, 4.69) is 50.7 Å². The molecule has 0 aliphatic carbocycles. The number of likely N-dealkylation sites (N-methyl/N-ethyl adjacent to an activating group) is 1. The van der Waals surface area contributed by atoms with Crippen LogP contribution in [0.3, 0.4) is 0 Å². The lowest BCUT2D eigenvalue weighted by Crippen LogP contribution is -2.44. The van der Waals surface area contributed by atoms with E-state index in [4.69, 9.17) is 4.74 Å². The first kappa shape index (κ1) is 16.6. The van der Waals surface area contributed by atoms with Gasteiger partial charge in [-0.15, -0.1) is 0 Å². The van der Waals surface area contributed by atoms with E-state index < -0.39 is 0 Å². The third-order valence-corrected chi connectivity index (χ3v) is 4.94. The number of fused-ring (bicyclic) bond motifs is 1. The molecule has 0 amide bonds. The SMILES string of the molecule is COC(=O)c1ccc2c(c1)ncn2-c1cccc(N2CCN(C)CC2)c1. The number of methoxy groups -OCH3 is 1. The van der Waals surface area contributed by atoms with Crippen molar-refractivity contribution in [1.29, 1.82) is 0 Å². The summed E-state index contributed by atoms with van der Waals surface area (Å²) in [5.74, 6) is -0.349. The van der Waals surface area contributed by atoms with Gasteiger partial charge in [0, 0.05) is 37.6 Å². The van der Waals surface area contributed by atoms with Crippen molar-refractivity contribution in [3.05, 3.63) is 54.4 Å². The molecule has 6 nitrogen and oxygen atoms in total. The summed E-state index contributed by atoms with van der Waals surface area (Å²) in [4.78, 5) is 20.9. The summed E-state index contributed by atoms with van der Waals surface area (Å²) in [6, 6.07) is 14.0. The molecule has 1 aromatic heterocycles. The van der Waals surface area contributed by atoms with E-state index in [0.717, 1.165) is 42.9 Å². The highest BCUT2D eigenvalue weighted by atomic mass is 16.5. The van der Waals surface area contributed by atoms with Gasteiger partial charge in [-0.05, 0) is 43.4 Å². The average Bonchev–Trinajstić information content (AvgIpc) is 3.11. The van der Waals surface area contributed by atoms with Gasteiger partial charge < -0.3 is 14.5 Å². The van der Waals surface area contributed by atoms with Crippen molar-refractivity contribution in [3.63, 3.8) is 0 Å². The molecule has 0 radical (unpaired) electrons. The molecule has 26 heavy (non-hydrogen) atoms. The van der Waals surface area contributed by atoms with Crippen molar-refractivity contribution >= 4 is 22.7 Å². The Labute approximate surface area is 152 Å². The number of imidazole rings is 1. The molecule has 4 rings (SSSR count). The summed E-state index contributed by atoms with van der Waals surface area (Å²) in [5.41, 5.74) is 4.54. The third kappa shape index (κ3) is 3.04. The van der Waals surface area contributed by atoms with Gasteiger partial charge in [0.25, 0.3) is 0 Å². The summed E-state index contributed by atoms with van der Waals surface area (Å²) in [5, 5.41) is 0. The molecule has 134 valence electrons. The Morgan fingerprint density at radius 1 is 1.04 bits per heavy atom. The molecule has 1 saturated heterocycles. The first-order valence-electron chi connectivity index (χ1n) is 8.75. The Morgan fingerprint density at radius 3 is 2.58 bits per heavy atom. The van der Waals surface area contributed by atoms with Crippen LogP contribution < -0.4 is 4.90 Å². The number of rotatable bonds is 3. The maximum atomic E-state index is 11.7. The van der Waals surface area contributed by atoms with Crippen LogP contribution in [0.5, 0.6) is 0 Å². The molecule has 3 aromatic rings. The lowest BCUT2D eigenvalue weighted by molar-refractivity contribution is 0.0601. The topological polar surface area (TPSA) is 50.6 Å². The van der Waals surface area contributed by atoms with Crippen LogP contribution in [0.2, 0.25) is 0 Å². The number of carbonyl (C=O) groups excluding carboxylic acids is 1. The summed E-state index contributed by atoms with van der Waals surface area (Å²) in [6.07, 6.45) is 1.80. The van der Waals surface area contributed by atoms with E-state index >= 15 is 0 Å². The number of ether oxygens (including phenoxy) is 1. The predicted molar refractivity (Wildman–Crippen MR) is 102 cm³/mol. The molecule has 0 unspecified atom stereocenters. The van der Waals surface area contributed by atoms with Crippen molar-refractivity contribution in [2.24, 2.45) is 0 Å². The molecule has 0 bridgehead atoms. The zero-order valence-corrected chi connectivity index (χ0v) is 15.1. The Morgan fingerprint density at radius 2 is 1.81 bits per heavy atom. The van der Waals surface area contributed by atoms with Crippen LogP contribution in [0.4, 0.5) is 5.69 Å². The first-order chi connectivity index (χ1) is 12.7. The second kappa shape index (κ2) is 6.80. The molecule has 2 aromatic carbocycles. The smallest absolute Gasteiger partial charge is 0.337 e. The quantitative estimate of drug-likeness (QED) is 0.680. The molecular formula is C20H22N4O2. The number of esters is 1. The molecule has 1 aliphatic heterocycles. The van der Waals surface area contributed by atoms with E-state index in [-0.39, 0.29) is 5.97 Å². The van der Waals surface area contributed by atoms with Crippen molar-refractivity contribution in [2.45, 2.75) is 0 Å². The van der Waals surface area contributed by atoms with Crippen LogP contribution in [0.1, 0.15) is 10.4 Å². The normalized spacial score (nSPS) is 15.4. The minimum absolute atomic E-state index is 0.349. The Kier molecular flexibility index (Phi) is 4.34. The average molecular weight is 350 g/mol. The van der Waals surface area contributed by atoms with E-state index in [0.29, 0.717) is 5.56 Å². The number of piperazine rings is 1. The number of carbonyl (C=O) groups is 1. The number of benzene rings is 2. The fraction of sp³-hybridized carbons (Fsp3) is 0.300. The molecule has 1 aliphatic rings. The predicted octanol–water partition coefficient (Wildman–Crippen LogP) is 2.56. The number of aromatic nitrogens is 2. The van der Waals surface area contributed by atoms with Crippen molar-refractivity contribution in [2.75, 3.05) is 45.2 Å². The largest absolute Gasteiger partial charge is 0.465 e.